The first-order valence-corrected chi connectivity index (χ1v) is 9.28. The van der Waals surface area contributed by atoms with Crippen molar-refractivity contribution in [2.24, 2.45) is 7.05 Å². The molecule has 4 rings (SSSR count). The van der Waals surface area contributed by atoms with E-state index < -0.39 is 12.1 Å². The van der Waals surface area contributed by atoms with Gasteiger partial charge in [0.05, 0.1) is 18.4 Å². The molecule has 0 radical (unpaired) electrons. The lowest BCUT2D eigenvalue weighted by molar-refractivity contribution is -0.192. The lowest BCUT2D eigenvalue weighted by atomic mass is 10.2. The molecule has 0 spiro atoms. The summed E-state index contributed by atoms with van der Waals surface area (Å²) in [6.45, 7) is 0.515. The number of alkyl halides is 3. The first-order valence-electron chi connectivity index (χ1n) is 9.28. The molecule has 3 heterocycles. The van der Waals surface area contributed by atoms with Gasteiger partial charge in [0.2, 0.25) is 5.95 Å². The maximum Gasteiger partial charge on any atom is 0.490 e. The van der Waals surface area contributed by atoms with Crippen molar-refractivity contribution in [1.82, 2.24) is 29.3 Å². The van der Waals surface area contributed by atoms with Gasteiger partial charge in [0, 0.05) is 37.4 Å². The molecule has 9 nitrogen and oxygen atoms in total. The van der Waals surface area contributed by atoms with Gasteiger partial charge in [-0.3, -0.25) is 0 Å². The van der Waals surface area contributed by atoms with E-state index >= 15 is 0 Å². The number of aromatic nitrogens is 6. The molecule has 0 bridgehead atoms. The number of hydrogen-bond donors (Lipinski definition) is 2. The van der Waals surface area contributed by atoms with Crippen molar-refractivity contribution < 1.29 is 27.5 Å². The van der Waals surface area contributed by atoms with Gasteiger partial charge in [-0.1, -0.05) is 12.1 Å². The predicted molar refractivity (Wildman–Crippen MR) is 109 cm³/mol. The Hall–Kier alpha value is -4.29. The highest BCUT2D eigenvalue weighted by molar-refractivity contribution is 5.73. The van der Waals surface area contributed by atoms with E-state index in [-0.39, 0.29) is 5.82 Å². The van der Waals surface area contributed by atoms with Crippen LogP contribution < -0.4 is 5.32 Å². The average Bonchev–Trinajstić information content (AvgIpc) is 3.42. The molecular weight excluding hydrogens is 446 g/mol. The van der Waals surface area contributed by atoms with Crippen molar-refractivity contribution in [3.8, 4) is 16.9 Å². The highest BCUT2D eigenvalue weighted by Crippen LogP contribution is 2.20. The van der Waals surface area contributed by atoms with Crippen molar-refractivity contribution in [2.75, 3.05) is 5.32 Å². The van der Waals surface area contributed by atoms with Crippen LogP contribution in [0.4, 0.5) is 23.5 Å². The van der Waals surface area contributed by atoms with Gasteiger partial charge in [-0.25, -0.2) is 28.8 Å². The Balaban J connectivity index is 0.000000383. The van der Waals surface area contributed by atoms with Crippen molar-refractivity contribution in [3.05, 3.63) is 73.0 Å². The van der Waals surface area contributed by atoms with E-state index in [1.54, 1.807) is 49.1 Å². The topological polar surface area (TPSA) is 111 Å². The quantitative estimate of drug-likeness (QED) is 0.436. The number of nitrogens with zero attached hydrogens (tertiary/aromatic N) is 6. The van der Waals surface area contributed by atoms with Crippen LogP contribution in [0.25, 0.3) is 16.9 Å². The van der Waals surface area contributed by atoms with Crippen LogP contribution in [0.3, 0.4) is 0 Å². The van der Waals surface area contributed by atoms with Gasteiger partial charge in [-0.15, -0.1) is 0 Å². The summed E-state index contributed by atoms with van der Waals surface area (Å²) >= 11 is 0. The van der Waals surface area contributed by atoms with Crippen molar-refractivity contribution >= 4 is 11.9 Å². The standard InChI is InChI=1S/C18H16FN7.C2HF3O2/c1-25-9-8-20-17(25)11-22-18-21-7-6-15(24-18)13-10-23-26(12-13)16-5-3-2-4-14(16)19;3-2(4,5)1(6)7/h2-10,12H,11H2,1H3,(H,21,22,24);(H,6,7). The molecule has 0 aliphatic carbocycles. The van der Waals surface area contributed by atoms with Crippen LogP contribution in [-0.4, -0.2) is 46.6 Å². The molecule has 0 aliphatic heterocycles. The molecule has 0 amide bonds. The maximum atomic E-state index is 13.9. The third kappa shape index (κ3) is 6.12. The fraction of sp³-hybridized carbons (Fsp3) is 0.150. The zero-order valence-corrected chi connectivity index (χ0v) is 17.0. The molecule has 0 aliphatic rings. The lowest BCUT2D eigenvalue weighted by Crippen LogP contribution is -2.21. The Kier molecular flexibility index (Phi) is 7.00. The Bertz CT molecular complexity index is 1240. The van der Waals surface area contributed by atoms with Gasteiger partial charge >= 0.3 is 12.1 Å². The number of rotatable bonds is 5. The summed E-state index contributed by atoms with van der Waals surface area (Å²) in [5, 5.41) is 14.5. The minimum atomic E-state index is -5.08. The fourth-order valence-corrected chi connectivity index (χ4v) is 2.55. The first kappa shape index (κ1) is 23.4. The van der Waals surface area contributed by atoms with Crippen LogP contribution in [0.2, 0.25) is 0 Å². The van der Waals surface area contributed by atoms with Crippen LogP contribution in [0.5, 0.6) is 0 Å². The third-order valence-electron chi connectivity index (χ3n) is 4.20. The zero-order chi connectivity index (χ0) is 24.0. The number of imidazole rings is 1. The van der Waals surface area contributed by atoms with E-state index in [0.717, 1.165) is 11.4 Å². The van der Waals surface area contributed by atoms with Gasteiger partial charge in [-0.05, 0) is 18.2 Å². The van der Waals surface area contributed by atoms with Gasteiger partial charge in [0.15, 0.2) is 0 Å². The zero-order valence-electron chi connectivity index (χ0n) is 17.0. The van der Waals surface area contributed by atoms with Gasteiger partial charge in [0.1, 0.15) is 17.3 Å². The van der Waals surface area contributed by atoms with E-state index in [0.29, 0.717) is 23.9 Å². The summed E-state index contributed by atoms with van der Waals surface area (Å²) in [6.07, 6.45) is 3.60. The molecule has 13 heteroatoms. The second-order valence-electron chi connectivity index (χ2n) is 6.50. The molecule has 0 fully saturated rings. The second-order valence-corrected chi connectivity index (χ2v) is 6.50. The van der Waals surface area contributed by atoms with Gasteiger partial charge < -0.3 is 15.0 Å². The number of halogens is 4. The number of aryl methyl sites for hydroxylation is 1. The minimum Gasteiger partial charge on any atom is -0.475 e. The van der Waals surface area contributed by atoms with Crippen LogP contribution in [0.1, 0.15) is 5.82 Å². The number of carboxylic acid groups (broad SMARTS) is 1. The maximum absolute atomic E-state index is 13.9. The largest absolute Gasteiger partial charge is 0.490 e. The number of para-hydroxylation sites is 1. The number of nitrogens with one attached hydrogen (secondary N) is 1. The van der Waals surface area contributed by atoms with Crippen LogP contribution in [-0.2, 0) is 18.4 Å². The third-order valence-corrected chi connectivity index (χ3v) is 4.20. The van der Waals surface area contributed by atoms with E-state index in [1.165, 1.54) is 10.7 Å². The highest BCUT2D eigenvalue weighted by atomic mass is 19.4. The number of hydrogen-bond acceptors (Lipinski definition) is 6. The molecule has 172 valence electrons. The Morgan fingerprint density at radius 1 is 1.15 bits per heavy atom. The van der Waals surface area contributed by atoms with Crippen molar-refractivity contribution in [2.45, 2.75) is 12.7 Å². The lowest BCUT2D eigenvalue weighted by Gasteiger charge is -2.06. The molecular formula is C20H17F4N7O2. The number of benzene rings is 1. The minimum absolute atomic E-state index is 0.331. The summed E-state index contributed by atoms with van der Waals surface area (Å²) in [5.41, 5.74) is 1.86. The molecule has 4 aromatic rings. The van der Waals surface area contributed by atoms with Gasteiger partial charge in [-0.2, -0.15) is 18.3 Å². The average molecular weight is 463 g/mol. The smallest absolute Gasteiger partial charge is 0.475 e. The number of carboxylic acids is 1. The monoisotopic (exact) mass is 463 g/mol. The first-order chi connectivity index (χ1) is 15.6. The Morgan fingerprint density at radius 3 is 2.52 bits per heavy atom. The predicted octanol–water partition coefficient (Wildman–Crippen LogP) is 3.45. The number of anilines is 1. The summed E-state index contributed by atoms with van der Waals surface area (Å²) in [6, 6.07) is 8.28. The summed E-state index contributed by atoms with van der Waals surface area (Å²) in [7, 11) is 1.93. The molecule has 2 N–H and O–H groups in total. The van der Waals surface area contributed by atoms with E-state index in [1.807, 2.05) is 17.8 Å². The number of carbonyl (C=O) groups is 1. The van der Waals surface area contributed by atoms with E-state index in [9.17, 15) is 17.6 Å². The van der Waals surface area contributed by atoms with Crippen LogP contribution in [0, 0.1) is 5.82 Å². The summed E-state index contributed by atoms with van der Waals surface area (Å²) in [5.74, 6) is -1.72. The van der Waals surface area contributed by atoms with E-state index in [4.69, 9.17) is 9.90 Å². The van der Waals surface area contributed by atoms with Crippen molar-refractivity contribution in [3.63, 3.8) is 0 Å². The van der Waals surface area contributed by atoms with E-state index in [2.05, 4.69) is 25.4 Å². The highest BCUT2D eigenvalue weighted by Gasteiger charge is 2.38. The fourth-order valence-electron chi connectivity index (χ4n) is 2.55. The molecule has 0 saturated carbocycles. The molecule has 3 aromatic heterocycles. The van der Waals surface area contributed by atoms with Crippen molar-refractivity contribution in [1.29, 1.82) is 0 Å². The molecule has 1 aromatic carbocycles. The molecule has 0 atom stereocenters. The molecule has 0 saturated heterocycles. The molecule has 33 heavy (non-hydrogen) atoms. The van der Waals surface area contributed by atoms with Crippen LogP contribution in [0.15, 0.2) is 61.3 Å². The normalized spacial score (nSPS) is 10.9. The van der Waals surface area contributed by atoms with Gasteiger partial charge in [0.25, 0.3) is 0 Å². The molecule has 0 unspecified atom stereocenters. The second kappa shape index (κ2) is 9.89. The summed E-state index contributed by atoms with van der Waals surface area (Å²) in [4.78, 5) is 21.9. The summed E-state index contributed by atoms with van der Waals surface area (Å²) < 4.78 is 49.1. The van der Waals surface area contributed by atoms with Crippen LogP contribution >= 0.6 is 0 Å². The SMILES string of the molecule is Cn1ccnc1CNc1nccc(-c2cnn(-c3ccccc3F)c2)n1.O=C(O)C(F)(F)F. The number of aliphatic carboxylic acids is 1. The Morgan fingerprint density at radius 2 is 1.88 bits per heavy atom. The Labute approximate surface area is 184 Å².